The van der Waals surface area contributed by atoms with Crippen LogP contribution in [-0.2, 0) is 19.0 Å². The van der Waals surface area contributed by atoms with Crippen molar-refractivity contribution in [3.05, 3.63) is 23.5 Å². The van der Waals surface area contributed by atoms with Crippen LogP contribution in [0.3, 0.4) is 0 Å². The number of allylic oxidation sites excluding steroid dienone is 1. The maximum atomic E-state index is 11.5. The molecule has 80 valence electrons. The molecule has 1 saturated heterocycles. The van der Waals surface area contributed by atoms with Gasteiger partial charge in [0, 0.05) is 5.92 Å². The van der Waals surface area contributed by atoms with Crippen LogP contribution in [0.2, 0.25) is 0 Å². The van der Waals surface area contributed by atoms with Crippen molar-refractivity contribution in [1.29, 1.82) is 0 Å². The van der Waals surface area contributed by atoms with Gasteiger partial charge in [0.1, 0.15) is 0 Å². The molecule has 0 aromatic heterocycles. The van der Waals surface area contributed by atoms with Crippen LogP contribution in [0.15, 0.2) is 23.5 Å². The molecule has 15 heavy (non-hydrogen) atoms. The third-order valence-electron chi connectivity index (χ3n) is 3.35. The summed E-state index contributed by atoms with van der Waals surface area (Å²) in [7, 11) is 1.39. The number of carbonyl (C=O) groups excluding carboxylic acids is 1. The Morgan fingerprint density at radius 3 is 3.27 bits per heavy atom. The van der Waals surface area contributed by atoms with Gasteiger partial charge in [-0.15, -0.1) is 0 Å². The summed E-state index contributed by atoms with van der Waals surface area (Å²) in [6.45, 7) is 0.633. The molecular formula is C11H12O4. The van der Waals surface area contributed by atoms with E-state index in [0.29, 0.717) is 12.2 Å². The first-order chi connectivity index (χ1) is 7.31. The van der Waals surface area contributed by atoms with E-state index in [9.17, 15) is 4.79 Å². The van der Waals surface area contributed by atoms with Crippen LogP contribution in [-0.4, -0.2) is 26.0 Å². The average molecular weight is 208 g/mol. The fourth-order valence-electron chi connectivity index (χ4n) is 2.61. The SMILES string of the molecule is COC(=O)C1=COC2OCC3=CC[C@H]1[C@@H]32. The van der Waals surface area contributed by atoms with Gasteiger partial charge in [0.25, 0.3) is 0 Å². The Hall–Kier alpha value is -1.29. The predicted octanol–water partition coefficient (Wildman–Crippen LogP) is 0.992. The van der Waals surface area contributed by atoms with Crippen LogP contribution in [0.5, 0.6) is 0 Å². The molecule has 4 nitrogen and oxygen atoms in total. The summed E-state index contributed by atoms with van der Waals surface area (Å²) in [5.74, 6) is 0.123. The van der Waals surface area contributed by atoms with Gasteiger partial charge in [0.2, 0.25) is 6.29 Å². The highest BCUT2D eigenvalue weighted by Crippen LogP contribution is 2.47. The summed E-state index contributed by atoms with van der Waals surface area (Å²) in [5, 5.41) is 0. The number of ether oxygens (including phenoxy) is 3. The van der Waals surface area contributed by atoms with Crippen LogP contribution >= 0.6 is 0 Å². The molecule has 1 unspecified atom stereocenters. The van der Waals surface area contributed by atoms with Gasteiger partial charge in [-0.05, 0) is 12.0 Å². The van der Waals surface area contributed by atoms with Crippen LogP contribution < -0.4 is 0 Å². The summed E-state index contributed by atoms with van der Waals surface area (Å²) >= 11 is 0. The second-order valence-electron chi connectivity index (χ2n) is 4.03. The molecule has 0 radical (unpaired) electrons. The molecule has 0 aromatic rings. The molecule has 2 heterocycles. The van der Waals surface area contributed by atoms with Crippen molar-refractivity contribution in [3.63, 3.8) is 0 Å². The third kappa shape index (κ3) is 1.14. The van der Waals surface area contributed by atoms with Gasteiger partial charge in [0.15, 0.2) is 0 Å². The van der Waals surface area contributed by atoms with E-state index in [-0.39, 0.29) is 24.1 Å². The van der Waals surface area contributed by atoms with Crippen molar-refractivity contribution in [2.75, 3.05) is 13.7 Å². The average Bonchev–Trinajstić information content (AvgIpc) is 2.86. The summed E-state index contributed by atoms with van der Waals surface area (Å²) < 4.78 is 15.6. The van der Waals surface area contributed by atoms with E-state index >= 15 is 0 Å². The highest BCUT2D eigenvalue weighted by atomic mass is 16.7. The number of hydrogen-bond acceptors (Lipinski definition) is 4. The smallest absolute Gasteiger partial charge is 0.337 e. The third-order valence-corrected chi connectivity index (χ3v) is 3.35. The highest BCUT2D eigenvalue weighted by Gasteiger charge is 2.48. The zero-order chi connectivity index (χ0) is 10.4. The van der Waals surface area contributed by atoms with Gasteiger partial charge < -0.3 is 14.2 Å². The molecule has 0 saturated carbocycles. The van der Waals surface area contributed by atoms with E-state index in [4.69, 9.17) is 14.2 Å². The molecule has 0 N–H and O–H groups in total. The lowest BCUT2D eigenvalue weighted by atomic mass is 9.85. The zero-order valence-corrected chi connectivity index (χ0v) is 8.43. The van der Waals surface area contributed by atoms with Crippen molar-refractivity contribution < 1.29 is 19.0 Å². The molecule has 0 amide bonds. The molecule has 3 aliphatic rings. The van der Waals surface area contributed by atoms with E-state index in [1.54, 1.807) is 0 Å². The molecule has 0 aromatic carbocycles. The molecule has 0 spiro atoms. The quantitative estimate of drug-likeness (QED) is 0.476. The van der Waals surface area contributed by atoms with Crippen molar-refractivity contribution in [2.45, 2.75) is 12.7 Å². The van der Waals surface area contributed by atoms with Crippen molar-refractivity contribution >= 4 is 5.97 Å². The van der Waals surface area contributed by atoms with Gasteiger partial charge in [-0.25, -0.2) is 4.79 Å². The summed E-state index contributed by atoms with van der Waals surface area (Å²) in [6, 6.07) is 0. The molecular weight excluding hydrogens is 196 g/mol. The zero-order valence-electron chi connectivity index (χ0n) is 8.43. The fourth-order valence-corrected chi connectivity index (χ4v) is 2.61. The van der Waals surface area contributed by atoms with Crippen LogP contribution in [0.4, 0.5) is 0 Å². The first-order valence-electron chi connectivity index (χ1n) is 5.05. The first-order valence-corrected chi connectivity index (χ1v) is 5.05. The number of hydrogen-bond donors (Lipinski definition) is 0. The van der Waals surface area contributed by atoms with E-state index in [1.165, 1.54) is 18.9 Å². The molecule has 0 bridgehead atoms. The van der Waals surface area contributed by atoms with E-state index in [1.807, 2.05) is 0 Å². The van der Waals surface area contributed by atoms with Gasteiger partial charge in [-0.2, -0.15) is 0 Å². The van der Waals surface area contributed by atoms with Gasteiger partial charge in [-0.1, -0.05) is 6.08 Å². The Bertz CT molecular complexity index is 369. The Morgan fingerprint density at radius 2 is 2.47 bits per heavy atom. The Kier molecular flexibility index (Phi) is 1.85. The normalized spacial score (nSPS) is 36.5. The Labute approximate surface area is 87.5 Å². The lowest BCUT2D eigenvalue weighted by molar-refractivity contribution is -0.141. The number of rotatable bonds is 1. The second-order valence-corrected chi connectivity index (χ2v) is 4.03. The number of carbonyl (C=O) groups is 1. The molecule has 3 atom stereocenters. The van der Waals surface area contributed by atoms with Crippen molar-refractivity contribution in [2.24, 2.45) is 11.8 Å². The van der Waals surface area contributed by atoms with E-state index < -0.39 is 0 Å². The summed E-state index contributed by atoms with van der Waals surface area (Å²) in [5.41, 5.74) is 1.90. The Morgan fingerprint density at radius 1 is 1.60 bits per heavy atom. The lowest BCUT2D eigenvalue weighted by Gasteiger charge is -2.28. The fraction of sp³-hybridized carbons (Fsp3) is 0.545. The summed E-state index contributed by atoms with van der Waals surface area (Å²) in [4.78, 5) is 11.5. The van der Waals surface area contributed by atoms with E-state index in [2.05, 4.69) is 6.08 Å². The van der Waals surface area contributed by atoms with Crippen LogP contribution in [0, 0.1) is 11.8 Å². The number of methoxy groups -OCH3 is 1. The highest BCUT2D eigenvalue weighted by molar-refractivity contribution is 5.89. The maximum absolute atomic E-state index is 11.5. The number of esters is 1. The molecule has 2 aliphatic heterocycles. The Balaban J connectivity index is 1.93. The standard InChI is InChI=1S/C11H12O4/c1-13-10(12)8-5-15-11-9-6(4-14-11)2-3-7(8)9/h2,5,7,9,11H,3-4H2,1H3/t7-,9-,11?/m1/s1. The van der Waals surface area contributed by atoms with Crippen LogP contribution in [0.25, 0.3) is 0 Å². The molecule has 3 rings (SSSR count). The van der Waals surface area contributed by atoms with Gasteiger partial charge in [0.05, 0.1) is 31.5 Å². The minimum Gasteiger partial charge on any atom is -0.471 e. The lowest BCUT2D eigenvalue weighted by Crippen LogP contribution is -2.32. The molecule has 1 fully saturated rings. The monoisotopic (exact) mass is 208 g/mol. The van der Waals surface area contributed by atoms with Crippen LogP contribution in [0.1, 0.15) is 6.42 Å². The van der Waals surface area contributed by atoms with Gasteiger partial charge >= 0.3 is 5.97 Å². The molecule has 4 heteroatoms. The topological polar surface area (TPSA) is 44.8 Å². The van der Waals surface area contributed by atoms with E-state index in [0.717, 1.165) is 6.42 Å². The largest absolute Gasteiger partial charge is 0.471 e. The minimum absolute atomic E-state index is 0.189. The van der Waals surface area contributed by atoms with Gasteiger partial charge in [-0.3, -0.25) is 0 Å². The minimum atomic E-state index is -0.292. The molecule has 1 aliphatic carbocycles. The van der Waals surface area contributed by atoms with Crippen molar-refractivity contribution in [1.82, 2.24) is 0 Å². The summed E-state index contributed by atoms with van der Waals surface area (Å²) in [6.07, 6.45) is 4.35. The maximum Gasteiger partial charge on any atom is 0.337 e. The second kappa shape index (κ2) is 3.10. The first kappa shape index (κ1) is 8.97. The van der Waals surface area contributed by atoms with Crippen molar-refractivity contribution in [3.8, 4) is 0 Å². The predicted molar refractivity (Wildman–Crippen MR) is 50.6 cm³/mol.